The molecule has 276 valence electrons. The second-order valence-electron chi connectivity index (χ2n) is 12.2. The Labute approximate surface area is 292 Å². The molecule has 0 saturated carbocycles. The van der Waals surface area contributed by atoms with Crippen LogP contribution < -0.4 is 0 Å². The summed E-state index contributed by atoms with van der Waals surface area (Å²) >= 11 is 0. The lowest BCUT2D eigenvalue weighted by molar-refractivity contribution is -0.161. The number of phosphoric ester groups is 1. The first-order valence-corrected chi connectivity index (χ1v) is 20.1. The van der Waals surface area contributed by atoms with Gasteiger partial charge in [0.15, 0.2) is 6.10 Å². The predicted molar refractivity (Wildman–Crippen MR) is 197 cm³/mol. The summed E-state index contributed by atoms with van der Waals surface area (Å²) in [6, 6.07) is 0. The molecular formula is C39H67O8P. The van der Waals surface area contributed by atoms with E-state index >= 15 is 0 Å². The summed E-state index contributed by atoms with van der Waals surface area (Å²) in [5, 5.41) is 0. The van der Waals surface area contributed by atoms with Crippen molar-refractivity contribution in [3.8, 4) is 0 Å². The molecule has 8 nitrogen and oxygen atoms in total. The standard InChI is InChI=1S/C39H67O8P/c1-3-5-7-9-11-13-15-16-17-18-19-20-21-22-24-26-28-30-32-34-39(41)47-37(36-46-48(42,43)44)35-45-38(40)33-31-29-27-25-23-14-12-10-8-6-4-2/h5,7,11,13,16-17,19-20,22,24,37H,3-4,6,8-10,12,14-15,18,21,23,25-36H2,1-2H3,(H2,42,43,44)/b7-5-,13-11-,17-16-,20-19-,24-22-/t37-/m1/s1. The Hall–Kier alpha value is -2.25. The van der Waals surface area contributed by atoms with E-state index in [0.717, 1.165) is 70.6 Å². The zero-order valence-electron chi connectivity index (χ0n) is 30.1. The SMILES string of the molecule is CC/C=C\C/C=C\C/C=C\C/C=C\C/C=C\CCCCCC(=O)O[C@H](COC(=O)CCCCCCCCCCCCC)COP(=O)(O)O. The summed E-state index contributed by atoms with van der Waals surface area (Å²) in [7, 11) is -4.76. The lowest BCUT2D eigenvalue weighted by atomic mass is 10.1. The van der Waals surface area contributed by atoms with Crippen molar-refractivity contribution < 1.29 is 37.9 Å². The van der Waals surface area contributed by atoms with Gasteiger partial charge < -0.3 is 19.3 Å². The van der Waals surface area contributed by atoms with Crippen LogP contribution in [0.1, 0.15) is 155 Å². The number of rotatable bonds is 33. The third kappa shape index (κ3) is 36.6. The molecule has 9 heteroatoms. The van der Waals surface area contributed by atoms with E-state index in [1.54, 1.807) is 0 Å². The van der Waals surface area contributed by atoms with Gasteiger partial charge in [-0.25, -0.2) is 4.57 Å². The fraction of sp³-hybridized carbons (Fsp3) is 0.692. The number of carbonyl (C=O) groups is 2. The van der Waals surface area contributed by atoms with Crippen molar-refractivity contribution in [1.29, 1.82) is 0 Å². The minimum atomic E-state index is -4.76. The number of hydrogen-bond donors (Lipinski definition) is 2. The second kappa shape index (κ2) is 34.6. The van der Waals surface area contributed by atoms with Crippen molar-refractivity contribution in [2.24, 2.45) is 0 Å². The predicted octanol–water partition coefficient (Wildman–Crippen LogP) is 11.0. The van der Waals surface area contributed by atoms with Crippen LogP contribution in [0.3, 0.4) is 0 Å². The first-order chi connectivity index (χ1) is 23.3. The summed E-state index contributed by atoms with van der Waals surface area (Å²) in [6.45, 7) is 3.51. The molecule has 0 amide bonds. The molecule has 0 aliphatic carbocycles. The number of esters is 2. The molecule has 0 aromatic carbocycles. The number of phosphoric acid groups is 1. The highest BCUT2D eigenvalue weighted by atomic mass is 31.2. The summed E-state index contributed by atoms with van der Waals surface area (Å²) in [5.41, 5.74) is 0. The fourth-order valence-electron chi connectivity index (χ4n) is 4.81. The molecule has 2 N–H and O–H groups in total. The van der Waals surface area contributed by atoms with Crippen LogP contribution in [0.4, 0.5) is 0 Å². The van der Waals surface area contributed by atoms with Gasteiger partial charge in [-0.3, -0.25) is 14.1 Å². The van der Waals surface area contributed by atoms with Crippen molar-refractivity contribution in [2.45, 2.75) is 161 Å². The lowest BCUT2D eigenvalue weighted by Crippen LogP contribution is -2.29. The van der Waals surface area contributed by atoms with Gasteiger partial charge in [0.2, 0.25) is 0 Å². The molecule has 0 aliphatic rings. The van der Waals surface area contributed by atoms with Gasteiger partial charge in [0, 0.05) is 12.8 Å². The highest BCUT2D eigenvalue weighted by molar-refractivity contribution is 7.46. The summed E-state index contributed by atoms with van der Waals surface area (Å²) in [5.74, 6) is -0.927. The zero-order valence-corrected chi connectivity index (χ0v) is 31.0. The van der Waals surface area contributed by atoms with Crippen LogP contribution in [-0.2, 0) is 28.2 Å². The van der Waals surface area contributed by atoms with Crippen LogP contribution in [0.25, 0.3) is 0 Å². The zero-order chi connectivity index (χ0) is 35.4. The number of unbranched alkanes of at least 4 members (excludes halogenated alkanes) is 13. The largest absolute Gasteiger partial charge is 0.469 e. The van der Waals surface area contributed by atoms with Crippen LogP contribution in [0, 0.1) is 0 Å². The highest BCUT2D eigenvalue weighted by Crippen LogP contribution is 2.36. The third-order valence-electron chi connectivity index (χ3n) is 7.55. The number of hydrogen-bond acceptors (Lipinski definition) is 6. The smallest absolute Gasteiger partial charge is 0.462 e. The molecule has 0 rings (SSSR count). The molecule has 0 aromatic heterocycles. The average Bonchev–Trinajstić information content (AvgIpc) is 3.05. The third-order valence-corrected chi connectivity index (χ3v) is 8.04. The van der Waals surface area contributed by atoms with E-state index in [0.29, 0.717) is 6.42 Å². The van der Waals surface area contributed by atoms with E-state index in [1.165, 1.54) is 51.4 Å². The van der Waals surface area contributed by atoms with Crippen LogP contribution in [0.5, 0.6) is 0 Å². The molecule has 1 atom stereocenters. The first-order valence-electron chi connectivity index (χ1n) is 18.6. The van der Waals surface area contributed by atoms with Gasteiger partial charge >= 0.3 is 19.8 Å². The Morgan fingerprint density at radius 2 is 1.00 bits per heavy atom. The van der Waals surface area contributed by atoms with Crippen LogP contribution in [0.2, 0.25) is 0 Å². The normalized spacial score (nSPS) is 13.2. The molecule has 0 saturated heterocycles. The quantitative estimate of drug-likeness (QED) is 0.0301. The van der Waals surface area contributed by atoms with Crippen LogP contribution >= 0.6 is 7.82 Å². The van der Waals surface area contributed by atoms with E-state index in [4.69, 9.17) is 19.3 Å². The van der Waals surface area contributed by atoms with E-state index < -0.39 is 32.5 Å². The van der Waals surface area contributed by atoms with Crippen LogP contribution in [-0.4, -0.2) is 41.0 Å². The molecule has 0 unspecified atom stereocenters. The monoisotopic (exact) mass is 694 g/mol. The minimum absolute atomic E-state index is 0.171. The Balaban J connectivity index is 4.06. The molecule has 0 heterocycles. The first kappa shape index (κ1) is 45.8. The summed E-state index contributed by atoms with van der Waals surface area (Å²) in [4.78, 5) is 42.6. The van der Waals surface area contributed by atoms with Crippen molar-refractivity contribution in [3.05, 3.63) is 60.8 Å². The Kier molecular flexibility index (Phi) is 33.0. The number of carbonyl (C=O) groups excluding carboxylic acids is 2. The molecule has 0 spiro atoms. The average molecular weight is 695 g/mol. The van der Waals surface area contributed by atoms with Gasteiger partial charge in [0.05, 0.1) is 6.61 Å². The summed E-state index contributed by atoms with van der Waals surface area (Å²) < 4.78 is 26.2. The van der Waals surface area contributed by atoms with Crippen molar-refractivity contribution in [3.63, 3.8) is 0 Å². The van der Waals surface area contributed by atoms with E-state index in [1.807, 2.05) is 0 Å². The van der Waals surface area contributed by atoms with E-state index in [2.05, 4.69) is 79.1 Å². The minimum Gasteiger partial charge on any atom is -0.462 e. The van der Waals surface area contributed by atoms with E-state index in [9.17, 15) is 14.2 Å². The van der Waals surface area contributed by atoms with Crippen LogP contribution in [0.15, 0.2) is 60.8 Å². The molecule has 0 fully saturated rings. The van der Waals surface area contributed by atoms with Gasteiger partial charge in [-0.15, -0.1) is 0 Å². The van der Waals surface area contributed by atoms with Crippen molar-refractivity contribution in [2.75, 3.05) is 13.2 Å². The molecule has 0 aromatic rings. The van der Waals surface area contributed by atoms with Gasteiger partial charge in [0.1, 0.15) is 6.61 Å². The second-order valence-corrected chi connectivity index (χ2v) is 13.4. The van der Waals surface area contributed by atoms with Gasteiger partial charge in [0.25, 0.3) is 0 Å². The van der Waals surface area contributed by atoms with E-state index in [-0.39, 0.29) is 19.4 Å². The molecule has 0 radical (unpaired) electrons. The van der Waals surface area contributed by atoms with Gasteiger partial charge in [-0.1, -0.05) is 145 Å². The Morgan fingerprint density at radius 3 is 1.50 bits per heavy atom. The lowest BCUT2D eigenvalue weighted by Gasteiger charge is -2.18. The number of allylic oxidation sites excluding steroid dienone is 10. The van der Waals surface area contributed by atoms with Crippen molar-refractivity contribution in [1.82, 2.24) is 0 Å². The Morgan fingerprint density at radius 1 is 0.562 bits per heavy atom. The van der Waals surface area contributed by atoms with Crippen molar-refractivity contribution >= 4 is 19.8 Å². The summed E-state index contributed by atoms with van der Waals surface area (Å²) in [6.07, 6.45) is 42.3. The highest BCUT2D eigenvalue weighted by Gasteiger charge is 2.22. The molecule has 0 bridgehead atoms. The molecule has 48 heavy (non-hydrogen) atoms. The fourth-order valence-corrected chi connectivity index (χ4v) is 5.17. The topological polar surface area (TPSA) is 119 Å². The molecular weight excluding hydrogens is 627 g/mol. The van der Waals surface area contributed by atoms with Gasteiger partial charge in [-0.05, 0) is 57.8 Å². The number of ether oxygens (including phenoxy) is 2. The van der Waals surface area contributed by atoms with Gasteiger partial charge in [-0.2, -0.15) is 0 Å². The maximum Gasteiger partial charge on any atom is 0.469 e. The molecule has 0 aliphatic heterocycles. The maximum absolute atomic E-state index is 12.3. The maximum atomic E-state index is 12.3. The Bertz CT molecular complexity index is 963.